The zero-order chi connectivity index (χ0) is 44.9. The molecule has 2 aromatic carbocycles. The van der Waals surface area contributed by atoms with Gasteiger partial charge in [-0.1, -0.05) is 74.5 Å². The van der Waals surface area contributed by atoms with E-state index in [2.05, 4.69) is 13.8 Å². The number of rotatable bonds is 11. The molecule has 0 N–H and O–H groups in total. The second-order valence-electron chi connectivity index (χ2n) is 20.0. The minimum absolute atomic E-state index is 0.0639. The lowest BCUT2D eigenvalue weighted by Gasteiger charge is -2.58. The van der Waals surface area contributed by atoms with Crippen LogP contribution in [0.4, 0.5) is 26.3 Å². The molecular formula is C48H58F6N2O8. The van der Waals surface area contributed by atoms with Gasteiger partial charge in [-0.2, -0.15) is 26.3 Å². The molecule has 2 aromatic rings. The SMILES string of the molecule is C[C@@H]1CC[C@H]2C(CN(CCN(CC3=C(C(F)(F)F)O[C@@H]4O[C@]5(C)CCC6[C@H](C)CC[C@@H]3[C@]64OO5)Cc3ccccc3)Cc3ccccc3)=C(C(F)(F)F)O[C@@H]3O[C@]4(C)CCC1[C@]32OO4. The van der Waals surface area contributed by atoms with Crippen molar-refractivity contribution in [2.24, 2.45) is 35.5 Å². The summed E-state index contributed by atoms with van der Waals surface area (Å²) >= 11 is 0. The molecular weight excluding hydrogens is 847 g/mol. The van der Waals surface area contributed by atoms with Crippen molar-refractivity contribution in [2.75, 3.05) is 26.2 Å². The molecule has 4 bridgehead atoms. The van der Waals surface area contributed by atoms with Crippen LogP contribution in [-0.4, -0.2) is 83.7 Å². The van der Waals surface area contributed by atoms with Crippen molar-refractivity contribution >= 4 is 0 Å². The van der Waals surface area contributed by atoms with Crippen LogP contribution in [0.25, 0.3) is 0 Å². The topological polar surface area (TPSA) is 80.3 Å². The van der Waals surface area contributed by atoms with E-state index < -0.39 is 71.1 Å². The van der Waals surface area contributed by atoms with Crippen LogP contribution in [0.1, 0.15) is 90.2 Å². The van der Waals surface area contributed by atoms with E-state index in [1.54, 1.807) is 13.8 Å². The molecule has 10 nitrogen and oxygen atoms in total. The van der Waals surface area contributed by atoms with E-state index in [-0.39, 0.29) is 74.1 Å². The minimum Gasteiger partial charge on any atom is -0.456 e. The first-order valence-electron chi connectivity index (χ1n) is 23.0. The highest BCUT2D eigenvalue weighted by molar-refractivity contribution is 5.31. The summed E-state index contributed by atoms with van der Waals surface area (Å²) in [5.74, 6) is -6.27. The Morgan fingerprint density at radius 1 is 0.531 bits per heavy atom. The molecule has 16 heteroatoms. The van der Waals surface area contributed by atoms with Crippen molar-refractivity contribution in [3.63, 3.8) is 0 Å². The van der Waals surface area contributed by atoms with Crippen LogP contribution in [-0.2, 0) is 51.6 Å². The predicted octanol–water partition coefficient (Wildman–Crippen LogP) is 10.1. The zero-order valence-electron chi connectivity index (χ0n) is 36.7. The van der Waals surface area contributed by atoms with Crippen molar-refractivity contribution < 1.29 is 64.8 Å². The molecule has 0 amide bonds. The number of hydrogen-bond donors (Lipinski definition) is 0. The number of halogens is 6. The number of fused-ring (bicyclic) bond motifs is 4. The molecule has 2 unspecified atom stereocenters. The first kappa shape index (κ1) is 44.6. The van der Waals surface area contributed by atoms with Crippen LogP contribution in [0.5, 0.6) is 0 Å². The Morgan fingerprint density at radius 3 is 1.30 bits per heavy atom. The van der Waals surface area contributed by atoms with Gasteiger partial charge in [-0.15, -0.1) is 0 Å². The summed E-state index contributed by atoms with van der Waals surface area (Å²) in [4.78, 5) is 28.3. The van der Waals surface area contributed by atoms with Crippen LogP contribution >= 0.6 is 0 Å². The molecule has 12 rings (SSSR count). The van der Waals surface area contributed by atoms with Gasteiger partial charge < -0.3 is 18.9 Å². The van der Waals surface area contributed by atoms with E-state index in [0.717, 1.165) is 11.1 Å². The maximum absolute atomic E-state index is 15.4. The van der Waals surface area contributed by atoms with Crippen LogP contribution < -0.4 is 0 Å². The molecule has 2 aliphatic carbocycles. The Kier molecular flexibility index (Phi) is 11.3. The number of benzene rings is 2. The van der Waals surface area contributed by atoms with E-state index in [1.165, 1.54) is 0 Å². The number of hydrogen-bond acceptors (Lipinski definition) is 10. The average molecular weight is 905 g/mol. The second kappa shape index (κ2) is 16.2. The van der Waals surface area contributed by atoms with Gasteiger partial charge in [0.25, 0.3) is 0 Å². The molecule has 8 aliphatic heterocycles. The van der Waals surface area contributed by atoms with Crippen molar-refractivity contribution in [1.82, 2.24) is 9.80 Å². The smallest absolute Gasteiger partial charge is 0.449 e. The third-order valence-corrected chi connectivity index (χ3v) is 15.8. The Bertz CT molecular complexity index is 1960. The monoisotopic (exact) mass is 904 g/mol. The maximum atomic E-state index is 15.4. The summed E-state index contributed by atoms with van der Waals surface area (Å²) in [5, 5.41) is 0. The Hall–Kier alpha value is -3.22. The molecule has 64 heavy (non-hydrogen) atoms. The molecule has 10 aliphatic rings. The summed E-state index contributed by atoms with van der Waals surface area (Å²) < 4.78 is 117. The maximum Gasteiger partial charge on any atom is 0.449 e. The molecule has 2 saturated carbocycles. The molecule has 0 radical (unpaired) electrons. The average Bonchev–Trinajstić information content (AvgIpc) is 3.63. The Labute approximate surface area is 369 Å². The van der Waals surface area contributed by atoms with E-state index in [1.807, 2.05) is 70.5 Å². The second-order valence-corrected chi connectivity index (χ2v) is 20.0. The van der Waals surface area contributed by atoms with Gasteiger partial charge >= 0.3 is 12.4 Å². The largest absolute Gasteiger partial charge is 0.456 e. The van der Waals surface area contributed by atoms with Crippen molar-refractivity contribution in [2.45, 2.75) is 140 Å². The summed E-state index contributed by atoms with van der Waals surface area (Å²) in [7, 11) is 0. The lowest BCUT2D eigenvalue weighted by Crippen LogP contribution is -2.68. The Morgan fingerprint density at radius 2 is 0.922 bits per heavy atom. The van der Waals surface area contributed by atoms with E-state index in [9.17, 15) is 0 Å². The van der Waals surface area contributed by atoms with Gasteiger partial charge in [0, 0.05) is 75.8 Å². The molecule has 0 aromatic heterocycles. The van der Waals surface area contributed by atoms with Crippen molar-refractivity contribution in [3.05, 3.63) is 94.5 Å². The molecule has 8 fully saturated rings. The van der Waals surface area contributed by atoms with Crippen LogP contribution in [0, 0.1) is 35.5 Å². The van der Waals surface area contributed by atoms with Gasteiger partial charge in [-0.3, -0.25) is 9.80 Å². The predicted molar refractivity (Wildman–Crippen MR) is 217 cm³/mol. The number of ether oxygens (including phenoxy) is 4. The van der Waals surface area contributed by atoms with E-state index >= 15 is 26.3 Å². The molecule has 2 spiro atoms. The number of nitrogens with zero attached hydrogens (tertiary/aromatic N) is 2. The fraction of sp³-hybridized carbons (Fsp3) is 0.667. The first-order valence-corrected chi connectivity index (χ1v) is 23.0. The van der Waals surface area contributed by atoms with E-state index in [4.69, 9.17) is 38.5 Å². The normalized spacial score (nSPS) is 39.2. The van der Waals surface area contributed by atoms with Crippen LogP contribution in [0.2, 0.25) is 0 Å². The standard InChI is InChI=1S/C48H58F6N2O8/c1-29-15-17-37-33(39(47(49,50)51)57-41-45(37)35(29)19-21-43(3,59-41)61-63-45)27-55(25-31-11-7-5-8-12-31)23-24-56(26-32-13-9-6-10-14-32)28-34-38-18-16-30(2)36-20-22-44(4)60-42(46(36,38)64-62-44)58-40(34)48(52,53)54/h5-14,29-30,35-38,41-42H,15-28H2,1-4H3/t29-,30-,35?,36?,37+,38+,41-,42-,43+,44+,45-,46-/m1/s1. The highest BCUT2D eigenvalue weighted by Crippen LogP contribution is 2.63. The fourth-order valence-electron chi connectivity index (χ4n) is 12.7. The number of allylic oxidation sites excluding steroid dienone is 2. The van der Waals surface area contributed by atoms with Gasteiger partial charge in [-0.25, -0.2) is 19.6 Å². The quantitative estimate of drug-likeness (QED) is 0.161. The summed E-state index contributed by atoms with van der Waals surface area (Å²) in [6.07, 6.45) is -8.01. The highest BCUT2D eigenvalue weighted by Gasteiger charge is 2.72. The van der Waals surface area contributed by atoms with Crippen LogP contribution in [0.3, 0.4) is 0 Å². The highest BCUT2D eigenvalue weighted by atomic mass is 19.4. The van der Waals surface area contributed by atoms with Gasteiger partial charge in [0.1, 0.15) is 0 Å². The molecule has 8 heterocycles. The Balaban J connectivity index is 1.02. The molecule has 350 valence electrons. The minimum atomic E-state index is -4.85. The number of alkyl halides is 6. The third-order valence-electron chi connectivity index (χ3n) is 15.8. The van der Waals surface area contributed by atoms with Gasteiger partial charge in [-0.05, 0) is 86.5 Å². The van der Waals surface area contributed by atoms with E-state index in [0.29, 0.717) is 51.4 Å². The fourth-order valence-corrected chi connectivity index (χ4v) is 12.7. The molecule has 6 saturated heterocycles. The lowest BCUT2D eigenvalue weighted by atomic mass is 9.59. The van der Waals surface area contributed by atoms with Gasteiger partial charge in [0.15, 0.2) is 11.2 Å². The van der Waals surface area contributed by atoms with Gasteiger partial charge in [0.05, 0.1) is 0 Å². The first-order chi connectivity index (χ1) is 30.4. The lowest BCUT2D eigenvalue weighted by molar-refractivity contribution is -0.557. The third kappa shape index (κ3) is 7.69. The van der Waals surface area contributed by atoms with Crippen molar-refractivity contribution in [1.29, 1.82) is 0 Å². The summed E-state index contributed by atoms with van der Waals surface area (Å²) in [5.41, 5.74) is -0.737. The summed E-state index contributed by atoms with van der Waals surface area (Å²) in [6.45, 7) is 8.17. The van der Waals surface area contributed by atoms with Gasteiger partial charge in [0.2, 0.25) is 35.7 Å². The van der Waals surface area contributed by atoms with Crippen LogP contribution in [0.15, 0.2) is 83.3 Å². The van der Waals surface area contributed by atoms with Crippen molar-refractivity contribution in [3.8, 4) is 0 Å². The summed E-state index contributed by atoms with van der Waals surface area (Å²) in [6, 6.07) is 18.9. The zero-order valence-corrected chi connectivity index (χ0v) is 36.7. The molecule has 12 atom stereocenters.